The predicted octanol–water partition coefficient (Wildman–Crippen LogP) is 3.03. The van der Waals surface area contributed by atoms with Gasteiger partial charge in [-0.15, -0.1) is 0 Å². The van der Waals surface area contributed by atoms with Crippen molar-refractivity contribution in [2.24, 2.45) is 0 Å². The minimum absolute atomic E-state index is 0.0238. The molecule has 0 radical (unpaired) electrons. The Labute approximate surface area is 162 Å². The van der Waals surface area contributed by atoms with Gasteiger partial charge in [-0.3, -0.25) is 14.9 Å². The SMILES string of the molecule is CC(OC(=O)c1ccc(NC2CC2)c([N+](=O)[O-])c1)C(=O)NCc1ccccc1. The molecule has 1 amide bonds. The molecule has 0 spiro atoms. The van der Waals surface area contributed by atoms with Gasteiger partial charge in [0.2, 0.25) is 0 Å². The first-order chi connectivity index (χ1) is 13.4. The lowest BCUT2D eigenvalue weighted by molar-refractivity contribution is -0.384. The number of ether oxygens (including phenoxy) is 1. The summed E-state index contributed by atoms with van der Waals surface area (Å²) in [6.07, 6.45) is 0.909. The molecule has 146 valence electrons. The molecule has 0 saturated heterocycles. The summed E-state index contributed by atoms with van der Waals surface area (Å²) in [5.41, 5.74) is 1.12. The van der Waals surface area contributed by atoms with Crippen LogP contribution in [0.5, 0.6) is 0 Å². The van der Waals surface area contributed by atoms with E-state index in [1.807, 2.05) is 30.3 Å². The van der Waals surface area contributed by atoms with Crippen LogP contribution in [0, 0.1) is 10.1 Å². The summed E-state index contributed by atoms with van der Waals surface area (Å²) in [4.78, 5) is 35.2. The second kappa shape index (κ2) is 8.51. The third-order valence-electron chi connectivity index (χ3n) is 4.33. The first kappa shape index (κ1) is 19.3. The molecule has 1 aliphatic carbocycles. The Morgan fingerprint density at radius 1 is 1.21 bits per heavy atom. The number of hydrogen-bond donors (Lipinski definition) is 2. The summed E-state index contributed by atoms with van der Waals surface area (Å²) in [7, 11) is 0. The Morgan fingerprint density at radius 2 is 1.93 bits per heavy atom. The van der Waals surface area contributed by atoms with Crippen molar-refractivity contribution in [2.45, 2.75) is 38.5 Å². The van der Waals surface area contributed by atoms with Crippen LogP contribution in [0.15, 0.2) is 48.5 Å². The van der Waals surface area contributed by atoms with Crippen molar-refractivity contribution in [2.75, 3.05) is 5.32 Å². The van der Waals surface area contributed by atoms with Crippen LogP contribution in [0.1, 0.15) is 35.7 Å². The van der Waals surface area contributed by atoms with Crippen LogP contribution < -0.4 is 10.6 Å². The number of nitrogens with zero attached hydrogens (tertiary/aromatic N) is 1. The van der Waals surface area contributed by atoms with Gasteiger partial charge in [-0.05, 0) is 37.5 Å². The number of nitro groups is 1. The zero-order chi connectivity index (χ0) is 20.1. The molecular weight excluding hydrogens is 362 g/mol. The second-order valence-electron chi connectivity index (χ2n) is 6.66. The van der Waals surface area contributed by atoms with Gasteiger partial charge in [0.05, 0.1) is 10.5 Å². The maximum Gasteiger partial charge on any atom is 0.339 e. The van der Waals surface area contributed by atoms with Crippen LogP contribution in [-0.2, 0) is 16.1 Å². The topological polar surface area (TPSA) is 111 Å². The molecule has 2 aromatic carbocycles. The van der Waals surface area contributed by atoms with Crippen molar-refractivity contribution >= 4 is 23.3 Å². The first-order valence-electron chi connectivity index (χ1n) is 9.01. The molecule has 28 heavy (non-hydrogen) atoms. The van der Waals surface area contributed by atoms with Crippen LogP contribution in [0.4, 0.5) is 11.4 Å². The van der Waals surface area contributed by atoms with Crippen molar-refractivity contribution in [1.82, 2.24) is 5.32 Å². The minimum atomic E-state index is -1.03. The lowest BCUT2D eigenvalue weighted by Gasteiger charge is -2.14. The van der Waals surface area contributed by atoms with Gasteiger partial charge in [0.1, 0.15) is 5.69 Å². The van der Waals surface area contributed by atoms with E-state index in [4.69, 9.17) is 4.74 Å². The smallest absolute Gasteiger partial charge is 0.339 e. The molecule has 3 rings (SSSR count). The van der Waals surface area contributed by atoms with Crippen LogP contribution in [-0.4, -0.2) is 28.9 Å². The standard InChI is InChI=1S/C20H21N3O5/c1-13(19(24)21-12-14-5-3-2-4-6-14)28-20(25)15-7-10-17(22-16-8-9-16)18(11-15)23(26)27/h2-7,10-11,13,16,22H,8-9,12H2,1H3,(H,21,24). The number of anilines is 1. The molecule has 2 N–H and O–H groups in total. The molecule has 8 heteroatoms. The number of nitrogens with one attached hydrogen (secondary N) is 2. The molecule has 0 aromatic heterocycles. The predicted molar refractivity (Wildman–Crippen MR) is 103 cm³/mol. The summed E-state index contributed by atoms with van der Waals surface area (Å²) in [6, 6.07) is 13.7. The summed E-state index contributed by atoms with van der Waals surface area (Å²) in [5.74, 6) is -1.23. The van der Waals surface area contributed by atoms with Gasteiger partial charge in [-0.1, -0.05) is 30.3 Å². The molecule has 1 atom stereocenters. The van der Waals surface area contributed by atoms with Gasteiger partial charge < -0.3 is 15.4 Å². The number of carbonyl (C=O) groups excluding carboxylic acids is 2. The normalized spacial score (nSPS) is 14.0. The summed E-state index contributed by atoms with van der Waals surface area (Å²) in [5, 5.41) is 17.1. The van der Waals surface area contributed by atoms with E-state index in [9.17, 15) is 19.7 Å². The summed E-state index contributed by atoms with van der Waals surface area (Å²) >= 11 is 0. The molecule has 8 nitrogen and oxygen atoms in total. The highest BCUT2D eigenvalue weighted by Gasteiger charge is 2.26. The third-order valence-corrected chi connectivity index (χ3v) is 4.33. The van der Waals surface area contributed by atoms with E-state index in [1.165, 1.54) is 25.1 Å². The number of rotatable bonds is 8. The second-order valence-corrected chi connectivity index (χ2v) is 6.66. The highest BCUT2D eigenvalue weighted by Crippen LogP contribution is 2.31. The van der Waals surface area contributed by atoms with Crippen LogP contribution in [0.25, 0.3) is 0 Å². The van der Waals surface area contributed by atoms with E-state index < -0.39 is 22.9 Å². The van der Waals surface area contributed by atoms with Crippen molar-refractivity contribution in [3.05, 3.63) is 69.8 Å². The number of nitro benzene ring substituents is 1. The van der Waals surface area contributed by atoms with Gasteiger partial charge in [0.25, 0.3) is 11.6 Å². The fraction of sp³-hybridized carbons (Fsp3) is 0.300. The van der Waals surface area contributed by atoms with E-state index in [2.05, 4.69) is 10.6 Å². The zero-order valence-electron chi connectivity index (χ0n) is 15.4. The Morgan fingerprint density at radius 3 is 2.57 bits per heavy atom. The maximum absolute atomic E-state index is 12.3. The zero-order valence-corrected chi connectivity index (χ0v) is 15.4. The van der Waals surface area contributed by atoms with E-state index >= 15 is 0 Å². The van der Waals surface area contributed by atoms with Crippen molar-refractivity contribution in [3.8, 4) is 0 Å². The molecular formula is C20H21N3O5. The van der Waals surface area contributed by atoms with E-state index in [0.717, 1.165) is 18.4 Å². The lowest BCUT2D eigenvalue weighted by Crippen LogP contribution is -2.35. The largest absolute Gasteiger partial charge is 0.449 e. The van der Waals surface area contributed by atoms with Gasteiger partial charge in [-0.2, -0.15) is 0 Å². The highest BCUT2D eigenvalue weighted by molar-refractivity contribution is 5.93. The number of hydrogen-bond acceptors (Lipinski definition) is 6. The Hall–Kier alpha value is -3.42. The highest BCUT2D eigenvalue weighted by atomic mass is 16.6. The van der Waals surface area contributed by atoms with Gasteiger partial charge in [0.15, 0.2) is 6.10 Å². The maximum atomic E-state index is 12.3. The van der Waals surface area contributed by atoms with E-state index in [-0.39, 0.29) is 17.3 Å². The molecule has 1 unspecified atom stereocenters. The lowest BCUT2D eigenvalue weighted by atomic mass is 10.1. The molecule has 0 aliphatic heterocycles. The third kappa shape index (κ3) is 5.06. The van der Waals surface area contributed by atoms with Gasteiger partial charge in [-0.25, -0.2) is 4.79 Å². The van der Waals surface area contributed by atoms with Gasteiger partial charge >= 0.3 is 5.97 Å². The molecule has 1 aliphatic rings. The van der Waals surface area contributed by atoms with E-state index in [0.29, 0.717) is 12.2 Å². The average Bonchev–Trinajstić information content (AvgIpc) is 3.51. The van der Waals surface area contributed by atoms with Crippen molar-refractivity contribution in [3.63, 3.8) is 0 Å². The van der Waals surface area contributed by atoms with Crippen LogP contribution in [0.3, 0.4) is 0 Å². The number of carbonyl (C=O) groups is 2. The quantitative estimate of drug-likeness (QED) is 0.412. The van der Waals surface area contributed by atoms with Crippen molar-refractivity contribution in [1.29, 1.82) is 0 Å². The molecule has 2 aromatic rings. The number of benzene rings is 2. The number of amides is 1. The fourth-order valence-electron chi connectivity index (χ4n) is 2.59. The van der Waals surface area contributed by atoms with Crippen molar-refractivity contribution < 1.29 is 19.2 Å². The van der Waals surface area contributed by atoms with Gasteiger partial charge in [0, 0.05) is 18.7 Å². The summed E-state index contributed by atoms with van der Waals surface area (Å²) < 4.78 is 5.16. The minimum Gasteiger partial charge on any atom is -0.449 e. The monoisotopic (exact) mass is 383 g/mol. The first-order valence-corrected chi connectivity index (χ1v) is 9.01. The summed E-state index contributed by atoms with van der Waals surface area (Å²) in [6.45, 7) is 1.77. The fourth-order valence-corrected chi connectivity index (χ4v) is 2.59. The molecule has 0 heterocycles. The molecule has 0 bridgehead atoms. The Bertz CT molecular complexity index is 881. The van der Waals surface area contributed by atoms with E-state index in [1.54, 1.807) is 0 Å². The average molecular weight is 383 g/mol. The molecule has 1 saturated carbocycles. The number of esters is 1. The molecule has 1 fully saturated rings. The Kier molecular flexibility index (Phi) is 5.88. The van der Waals surface area contributed by atoms with Crippen LogP contribution >= 0.6 is 0 Å². The Balaban J connectivity index is 1.60. The van der Waals surface area contributed by atoms with Crippen LogP contribution in [0.2, 0.25) is 0 Å².